The van der Waals surface area contributed by atoms with Gasteiger partial charge in [-0.2, -0.15) is 0 Å². The largest absolute Gasteiger partial charge is 2.00 e. The zero-order chi connectivity index (χ0) is 68.7. The Morgan fingerprint density at radius 1 is 0.207 bits per heavy atom. The predicted molar refractivity (Wildman–Crippen MR) is 448 cm³/mol. The van der Waals surface area contributed by atoms with E-state index in [4.69, 9.17) is 27.9 Å². The number of hydrogen-bond acceptors (Lipinski definition) is 0. The smallest absolute Gasteiger partial charge is 0.668 e. The first-order valence-electron chi connectivity index (χ1n) is 36.9. The van der Waals surface area contributed by atoms with E-state index in [1.54, 1.807) is 38.5 Å². The van der Waals surface area contributed by atoms with Crippen molar-refractivity contribution in [3.63, 3.8) is 0 Å². The summed E-state index contributed by atoms with van der Waals surface area (Å²) in [4.78, 5) is 8.06. The minimum absolute atomic E-state index is 0. The molecular weight excluding hydrogens is 1400 g/mol. The summed E-state index contributed by atoms with van der Waals surface area (Å²) in [5, 5.41) is 0. The summed E-state index contributed by atoms with van der Waals surface area (Å²) in [5.74, 6) is 4.36. The van der Waals surface area contributed by atoms with Crippen molar-refractivity contribution in [2.45, 2.75) is 350 Å². The third kappa shape index (κ3) is 55.4. The average Bonchev–Trinajstić information content (AvgIpc) is 3.23. The Labute approximate surface area is 710 Å². The number of fused-ring (bicyclic) bond motifs is 12. The van der Waals surface area contributed by atoms with Crippen LogP contribution >= 0.6 is 0 Å². The SMILES string of the molecule is C1CC[NH+]2C[C@@H]3C[C@@H](C[NH+]4CCCC[C@@H]34)[C@H]2C1.C1CC[NH+]2C[C@@H]3C[C@@H](C[NH+]4CCCC[C@@H]34)[C@H]2C1.C[Si](C)(C)[N-][Si](C)(C)C.C[Si](C)(C)[N-][Si](C)(C)C.C[Si](C)(C)[N-][Si](C)(C)C.C[Si](C)(C)[N-][Si](C)(C)C.C[Si](C)(C)[N-][Si](C)(C)C.C[Si](C)(C)[N-][Si](C)(C)C.[K+].[K+].[Mg+2].[Mg+2]. The minimum atomic E-state index is -1.11. The van der Waals surface area contributed by atoms with E-state index in [9.17, 15) is 0 Å². The van der Waals surface area contributed by atoms with Gasteiger partial charge in [0.1, 0.15) is 0 Å². The van der Waals surface area contributed by atoms with Gasteiger partial charge < -0.3 is 47.5 Å². The zero-order valence-corrected chi connectivity index (χ0v) is 91.3. The molecule has 8 aliphatic rings. The molecule has 8 rings (SSSR count). The Kier molecular flexibility index (Phi) is 51.6. The summed E-state index contributed by atoms with van der Waals surface area (Å²) in [5.41, 5.74) is 0. The molecule has 0 radical (unpaired) electrons. The second-order valence-electron chi connectivity index (χ2n) is 41.1. The van der Waals surface area contributed by atoms with E-state index < -0.39 is 98.8 Å². The third-order valence-electron chi connectivity index (χ3n) is 16.8. The number of piperidine rings is 8. The van der Waals surface area contributed by atoms with Crippen LogP contribution in [0.25, 0.3) is 27.9 Å². The summed E-state index contributed by atoms with van der Waals surface area (Å²) >= 11 is 0. The van der Waals surface area contributed by atoms with Gasteiger partial charge >= 0.3 is 149 Å². The van der Waals surface area contributed by atoms with Crippen LogP contribution in [0.5, 0.6) is 0 Å². The topological polar surface area (TPSA) is 102 Å². The van der Waals surface area contributed by atoms with Crippen LogP contribution in [0, 0.1) is 23.7 Å². The molecule has 10 nitrogen and oxygen atoms in total. The van der Waals surface area contributed by atoms with Crippen molar-refractivity contribution in [3.05, 3.63) is 27.9 Å². The van der Waals surface area contributed by atoms with Gasteiger partial charge in [0.05, 0.1) is 100 Å². The number of hydrogen-bond donors (Lipinski definition) is 4. The number of quaternary nitrogens is 4. The summed E-state index contributed by atoms with van der Waals surface area (Å²) < 4.78 is 28.9. The fourth-order valence-corrected chi connectivity index (χ4v) is 65.7. The van der Waals surface area contributed by atoms with Gasteiger partial charge in [-0.15, -0.1) is 0 Å². The van der Waals surface area contributed by atoms with E-state index in [2.05, 4.69) is 236 Å². The van der Waals surface area contributed by atoms with Crippen LogP contribution in [0.2, 0.25) is 236 Å². The molecule has 8 aliphatic heterocycles. The molecule has 4 N–H and O–H groups in total. The van der Waals surface area contributed by atoms with Gasteiger partial charge in [-0.25, -0.2) is 0 Å². The molecule has 8 fully saturated rings. The first-order chi connectivity index (χ1) is 39.1. The van der Waals surface area contributed by atoms with Crippen molar-refractivity contribution in [3.8, 4) is 0 Å². The Bertz CT molecular complexity index is 1550. The van der Waals surface area contributed by atoms with Crippen LogP contribution in [-0.4, -0.2) is 221 Å². The molecule has 0 spiro atoms. The maximum Gasteiger partial charge on any atom is 2.00 e. The van der Waals surface area contributed by atoms with E-state index in [0.717, 1.165) is 47.8 Å². The maximum absolute atomic E-state index is 4.82. The van der Waals surface area contributed by atoms with Crippen LogP contribution in [0.3, 0.4) is 0 Å². The van der Waals surface area contributed by atoms with Crippen molar-refractivity contribution in [2.24, 2.45) is 23.7 Å². The van der Waals surface area contributed by atoms with Gasteiger partial charge in [0.25, 0.3) is 0 Å². The molecule has 0 aromatic heterocycles. The van der Waals surface area contributed by atoms with E-state index in [1.807, 2.05) is 19.6 Å². The second-order valence-corrected chi connectivity index (χ2v) is 98.6. The van der Waals surface area contributed by atoms with Crippen LogP contribution in [0.4, 0.5) is 0 Å². The van der Waals surface area contributed by atoms with E-state index in [1.165, 1.54) is 104 Å². The van der Waals surface area contributed by atoms with Crippen molar-refractivity contribution in [2.75, 3.05) is 52.4 Å². The average molecular weight is 1560 g/mol. The van der Waals surface area contributed by atoms with Crippen LogP contribution in [0.15, 0.2) is 0 Å². The first kappa shape index (κ1) is 105. The Morgan fingerprint density at radius 2 is 0.326 bits per heavy atom. The van der Waals surface area contributed by atoms with Gasteiger partial charge in [-0.3, -0.25) is 0 Å². The molecule has 0 amide bonds. The Balaban J connectivity index is -0.000000489. The van der Waals surface area contributed by atoms with Gasteiger partial charge in [0.15, 0.2) is 0 Å². The Hall–Kier alpha value is 7.01. The van der Waals surface area contributed by atoms with Crippen LogP contribution < -0.4 is 122 Å². The van der Waals surface area contributed by atoms with Crippen molar-refractivity contribution in [1.82, 2.24) is 0 Å². The molecule has 4 bridgehead atoms. The first-order valence-corrected chi connectivity index (χ1v) is 78.3. The summed E-state index contributed by atoms with van der Waals surface area (Å²) in [6.45, 7) is 94.8. The quantitative estimate of drug-likeness (QED) is 0.140. The van der Waals surface area contributed by atoms with E-state index >= 15 is 0 Å². The molecule has 12 atom stereocenters. The summed E-state index contributed by atoms with van der Waals surface area (Å²) in [7, 11) is -13.3. The second kappa shape index (κ2) is 45.1. The standard InChI is InChI=1S/2C15H26N2.6C6H18NSi2.2K.2Mg/c2*1-3-7-16-11-13-9-12(14(16)5-1)10-17-8-4-2-6-15(13)17;6*1-8(2,3)7-9(4,5)6;;;;/h2*12-15H,1-11H2;6*1-6H3;;;;/q;;6*-1;2*+1;2*+2/p+4/t2*12-,13-,14-,15+;;;;;;;;;;/m00........../s1. The normalized spacial score (nSPS) is 28.0. The van der Waals surface area contributed by atoms with Crippen molar-refractivity contribution < 1.29 is 122 Å². The third-order valence-corrected chi connectivity index (χ3v) is 49.0. The molecular formula is C66H164K2Mg2N10Si12+4. The fourth-order valence-electron chi connectivity index (χ4n) is 17.4. The molecule has 528 valence electrons. The van der Waals surface area contributed by atoms with Crippen molar-refractivity contribution >= 4 is 145 Å². The molecule has 0 aromatic rings. The van der Waals surface area contributed by atoms with Crippen molar-refractivity contribution in [1.29, 1.82) is 0 Å². The summed E-state index contributed by atoms with van der Waals surface area (Å²) in [6.07, 6.45) is 21.5. The number of rotatable bonds is 12. The predicted octanol–water partition coefficient (Wildman–Crippen LogP) is 10.4. The fraction of sp³-hybridized carbons (Fsp3) is 1.00. The molecule has 4 unspecified atom stereocenters. The summed E-state index contributed by atoms with van der Waals surface area (Å²) in [6, 6.07) is 4.26. The molecule has 8 saturated heterocycles. The van der Waals surface area contributed by atoms with Gasteiger partial charge in [0, 0.05) is 25.7 Å². The molecule has 8 heterocycles. The number of nitrogens with zero attached hydrogens (tertiary/aromatic N) is 6. The van der Waals surface area contributed by atoms with Crippen LogP contribution in [0.1, 0.15) is 89.9 Å². The molecule has 92 heavy (non-hydrogen) atoms. The van der Waals surface area contributed by atoms with Gasteiger partial charge in [-0.05, 0) is 64.2 Å². The molecule has 0 aliphatic carbocycles. The number of nitrogens with one attached hydrogen (secondary N) is 4. The zero-order valence-electron chi connectivity index (χ0n) is 70.3. The van der Waals surface area contributed by atoms with E-state index in [0.29, 0.717) is 0 Å². The monoisotopic (exact) mass is 1560 g/mol. The minimum Gasteiger partial charge on any atom is -0.668 e. The molecule has 0 saturated carbocycles. The van der Waals surface area contributed by atoms with Gasteiger partial charge in [0.2, 0.25) is 0 Å². The van der Waals surface area contributed by atoms with E-state index in [-0.39, 0.29) is 149 Å². The molecule has 26 heteroatoms. The van der Waals surface area contributed by atoms with Crippen LogP contribution in [-0.2, 0) is 0 Å². The Morgan fingerprint density at radius 3 is 0.424 bits per heavy atom. The maximum atomic E-state index is 4.82. The molecule has 0 aromatic carbocycles. The van der Waals surface area contributed by atoms with Gasteiger partial charge in [-0.1, -0.05) is 335 Å².